The number of rotatable bonds is 5. The standard InChI is InChI=1S/C9H10BrNO4S/c10-7-2-1-3-8(6-7)11-16(14,15)5-4-9(12)13/h1-3,6,11H,4-5H2,(H,12,13). The van der Waals surface area contributed by atoms with E-state index in [9.17, 15) is 13.2 Å². The fourth-order valence-electron chi connectivity index (χ4n) is 1.00. The highest BCUT2D eigenvalue weighted by molar-refractivity contribution is 9.10. The molecule has 0 aliphatic rings. The number of anilines is 1. The van der Waals surface area contributed by atoms with Crippen molar-refractivity contribution in [3.8, 4) is 0 Å². The summed E-state index contributed by atoms with van der Waals surface area (Å²) in [6.07, 6.45) is -0.413. The second kappa shape index (κ2) is 5.31. The number of hydrogen-bond acceptors (Lipinski definition) is 3. The minimum absolute atomic E-state index is 0.403. The van der Waals surface area contributed by atoms with Crippen molar-refractivity contribution in [2.75, 3.05) is 10.5 Å². The van der Waals surface area contributed by atoms with Crippen LogP contribution in [0.15, 0.2) is 28.7 Å². The Balaban J connectivity index is 2.69. The molecule has 0 aromatic heterocycles. The van der Waals surface area contributed by atoms with Gasteiger partial charge in [-0.05, 0) is 18.2 Å². The minimum atomic E-state index is -3.60. The van der Waals surface area contributed by atoms with Crippen molar-refractivity contribution in [2.45, 2.75) is 6.42 Å². The Morgan fingerprint density at radius 1 is 1.44 bits per heavy atom. The van der Waals surface area contributed by atoms with Gasteiger partial charge in [0.05, 0.1) is 12.2 Å². The van der Waals surface area contributed by atoms with E-state index in [2.05, 4.69) is 20.7 Å². The number of carbonyl (C=O) groups is 1. The SMILES string of the molecule is O=C(O)CCS(=O)(=O)Nc1cccc(Br)c1. The summed E-state index contributed by atoms with van der Waals surface area (Å²) in [6, 6.07) is 6.62. The normalized spacial score (nSPS) is 11.1. The Hall–Kier alpha value is -1.08. The van der Waals surface area contributed by atoms with E-state index in [-0.39, 0.29) is 0 Å². The third kappa shape index (κ3) is 4.63. The molecule has 0 fully saturated rings. The maximum absolute atomic E-state index is 11.4. The third-order valence-corrected chi connectivity index (χ3v) is 3.46. The van der Waals surface area contributed by atoms with Gasteiger partial charge in [0.2, 0.25) is 10.0 Å². The average molecular weight is 308 g/mol. The molecular formula is C9H10BrNO4S. The highest BCUT2D eigenvalue weighted by atomic mass is 79.9. The van der Waals surface area contributed by atoms with Gasteiger partial charge in [-0.3, -0.25) is 9.52 Å². The zero-order chi connectivity index (χ0) is 12.2. The molecule has 0 saturated heterocycles. The van der Waals surface area contributed by atoms with Crippen LogP contribution in [0.4, 0.5) is 5.69 Å². The van der Waals surface area contributed by atoms with Crippen LogP contribution in [0.5, 0.6) is 0 Å². The Bertz CT molecular complexity index is 486. The number of nitrogens with one attached hydrogen (secondary N) is 1. The van der Waals surface area contributed by atoms with E-state index >= 15 is 0 Å². The number of carboxylic acids is 1. The van der Waals surface area contributed by atoms with Gasteiger partial charge in [-0.2, -0.15) is 0 Å². The van der Waals surface area contributed by atoms with Crippen molar-refractivity contribution in [1.82, 2.24) is 0 Å². The van der Waals surface area contributed by atoms with Crippen LogP contribution < -0.4 is 4.72 Å². The number of benzene rings is 1. The molecule has 5 nitrogen and oxygen atoms in total. The molecule has 0 atom stereocenters. The molecule has 0 radical (unpaired) electrons. The van der Waals surface area contributed by atoms with Crippen molar-refractivity contribution >= 4 is 37.6 Å². The highest BCUT2D eigenvalue weighted by Crippen LogP contribution is 2.16. The van der Waals surface area contributed by atoms with Crippen molar-refractivity contribution in [1.29, 1.82) is 0 Å². The van der Waals surface area contributed by atoms with Gasteiger partial charge in [0, 0.05) is 10.2 Å². The van der Waals surface area contributed by atoms with Gasteiger partial charge in [0.1, 0.15) is 0 Å². The van der Waals surface area contributed by atoms with E-state index in [1.807, 2.05) is 0 Å². The average Bonchev–Trinajstić information content (AvgIpc) is 2.14. The zero-order valence-electron chi connectivity index (χ0n) is 8.18. The molecule has 0 aliphatic carbocycles. The first-order valence-electron chi connectivity index (χ1n) is 4.37. The number of halogens is 1. The Morgan fingerprint density at radius 2 is 2.12 bits per heavy atom. The first-order chi connectivity index (χ1) is 7.39. The summed E-state index contributed by atoms with van der Waals surface area (Å²) in [5.41, 5.74) is 0.403. The van der Waals surface area contributed by atoms with Crippen LogP contribution in [0.25, 0.3) is 0 Å². The molecule has 1 aromatic rings. The number of sulfonamides is 1. The van der Waals surface area contributed by atoms with Crippen LogP contribution >= 0.6 is 15.9 Å². The maximum atomic E-state index is 11.4. The lowest BCUT2D eigenvalue weighted by Crippen LogP contribution is -2.18. The lowest BCUT2D eigenvalue weighted by molar-refractivity contribution is -0.136. The summed E-state index contributed by atoms with van der Waals surface area (Å²) >= 11 is 3.20. The molecule has 16 heavy (non-hydrogen) atoms. The second-order valence-corrected chi connectivity index (χ2v) is 5.83. The van der Waals surface area contributed by atoms with Gasteiger partial charge in [0.25, 0.3) is 0 Å². The van der Waals surface area contributed by atoms with E-state index in [0.29, 0.717) is 5.69 Å². The predicted octanol–water partition coefficient (Wildman–Crippen LogP) is 1.67. The lowest BCUT2D eigenvalue weighted by atomic mass is 10.3. The van der Waals surface area contributed by atoms with E-state index < -0.39 is 28.2 Å². The quantitative estimate of drug-likeness (QED) is 0.866. The molecule has 1 aromatic carbocycles. The molecule has 0 amide bonds. The van der Waals surface area contributed by atoms with Gasteiger partial charge in [-0.25, -0.2) is 8.42 Å². The largest absolute Gasteiger partial charge is 0.481 e. The van der Waals surface area contributed by atoms with Crippen LogP contribution in [-0.2, 0) is 14.8 Å². The summed E-state index contributed by atoms with van der Waals surface area (Å²) < 4.78 is 25.9. The first-order valence-corrected chi connectivity index (χ1v) is 6.81. The Labute approximate surface area is 102 Å². The number of aliphatic carboxylic acids is 1. The zero-order valence-corrected chi connectivity index (χ0v) is 10.6. The van der Waals surface area contributed by atoms with Gasteiger partial charge in [-0.1, -0.05) is 22.0 Å². The molecule has 0 heterocycles. The molecule has 88 valence electrons. The van der Waals surface area contributed by atoms with Gasteiger partial charge in [0.15, 0.2) is 0 Å². The minimum Gasteiger partial charge on any atom is -0.481 e. The molecule has 0 spiro atoms. The van der Waals surface area contributed by atoms with Crippen LogP contribution in [0.2, 0.25) is 0 Å². The molecule has 2 N–H and O–H groups in total. The van der Waals surface area contributed by atoms with E-state index in [1.54, 1.807) is 24.3 Å². The summed E-state index contributed by atoms with van der Waals surface area (Å²) in [4.78, 5) is 10.3. The highest BCUT2D eigenvalue weighted by Gasteiger charge is 2.12. The van der Waals surface area contributed by atoms with Crippen molar-refractivity contribution < 1.29 is 18.3 Å². The predicted molar refractivity (Wildman–Crippen MR) is 63.8 cm³/mol. The van der Waals surface area contributed by atoms with E-state index in [0.717, 1.165) is 4.47 Å². The molecule has 1 rings (SSSR count). The van der Waals surface area contributed by atoms with Crippen LogP contribution in [0, 0.1) is 0 Å². The topological polar surface area (TPSA) is 83.5 Å². The van der Waals surface area contributed by atoms with E-state index in [1.165, 1.54) is 0 Å². The first kappa shape index (κ1) is 13.0. The Kier molecular flexibility index (Phi) is 4.31. The Morgan fingerprint density at radius 3 is 2.69 bits per heavy atom. The summed E-state index contributed by atoms with van der Waals surface area (Å²) in [7, 11) is -3.60. The molecule has 7 heteroatoms. The van der Waals surface area contributed by atoms with Crippen LogP contribution in [-0.4, -0.2) is 25.2 Å². The van der Waals surface area contributed by atoms with E-state index in [4.69, 9.17) is 5.11 Å². The van der Waals surface area contributed by atoms with Gasteiger partial charge >= 0.3 is 5.97 Å². The monoisotopic (exact) mass is 307 g/mol. The van der Waals surface area contributed by atoms with Crippen LogP contribution in [0.3, 0.4) is 0 Å². The van der Waals surface area contributed by atoms with Crippen LogP contribution in [0.1, 0.15) is 6.42 Å². The van der Waals surface area contributed by atoms with Crippen molar-refractivity contribution in [3.05, 3.63) is 28.7 Å². The molecule has 0 aliphatic heterocycles. The fraction of sp³-hybridized carbons (Fsp3) is 0.222. The maximum Gasteiger partial charge on any atom is 0.304 e. The fourth-order valence-corrected chi connectivity index (χ4v) is 2.43. The third-order valence-electron chi connectivity index (χ3n) is 1.68. The van der Waals surface area contributed by atoms with Crippen molar-refractivity contribution in [3.63, 3.8) is 0 Å². The molecule has 0 unspecified atom stereocenters. The van der Waals surface area contributed by atoms with Gasteiger partial charge < -0.3 is 5.11 Å². The molecule has 0 saturated carbocycles. The smallest absolute Gasteiger partial charge is 0.304 e. The van der Waals surface area contributed by atoms with Gasteiger partial charge in [-0.15, -0.1) is 0 Å². The second-order valence-electron chi connectivity index (χ2n) is 3.08. The molecule has 0 bridgehead atoms. The summed E-state index contributed by atoms with van der Waals surface area (Å²) in [5, 5.41) is 8.39. The lowest BCUT2D eigenvalue weighted by Gasteiger charge is -2.06. The number of carboxylic acid groups (broad SMARTS) is 1. The molecular weight excluding hydrogens is 298 g/mol. The summed E-state index contributed by atoms with van der Waals surface area (Å²) in [6.45, 7) is 0. The summed E-state index contributed by atoms with van der Waals surface area (Å²) in [5.74, 6) is -1.57. The van der Waals surface area contributed by atoms with Crippen molar-refractivity contribution in [2.24, 2.45) is 0 Å². The number of hydrogen-bond donors (Lipinski definition) is 2.